The van der Waals surface area contributed by atoms with Crippen LogP contribution >= 0.6 is 11.9 Å². The molecular weight excluding hydrogens is 464 g/mol. The summed E-state index contributed by atoms with van der Waals surface area (Å²) >= 11 is 1.44. The summed E-state index contributed by atoms with van der Waals surface area (Å²) in [5, 5.41) is 4.65. The van der Waals surface area contributed by atoms with E-state index in [4.69, 9.17) is 0 Å². The number of pyridine rings is 1. The Morgan fingerprint density at radius 1 is 1.15 bits per heavy atom. The summed E-state index contributed by atoms with van der Waals surface area (Å²) in [6.07, 6.45) is 6.52. The highest BCUT2D eigenvalue weighted by Gasteiger charge is 2.18. The van der Waals surface area contributed by atoms with Crippen LogP contribution in [0.25, 0.3) is 11.1 Å². The average Bonchev–Trinajstić information content (AvgIpc) is 3.23. The number of aromatic nitrogens is 2. The van der Waals surface area contributed by atoms with Gasteiger partial charge >= 0.3 is 0 Å². The summed E-state index contributed by atoms with van der Waals surface area (Å²) in [6, 6.07) is 13.5. The zero-order valence-electron chi connectivity index (χ0n) is 21.0. The Morgan fingerprint density at radius 3 is 2.32 bits per heavy atom. The number of rotatable bonds is 7. The number of sulfone groups is 1. The summed E-state index contributed by atoms with van der Waals surface area (Å²) in [5.41, 5.74) is 3.19. The number of fused-ring (bicyclic) bond motifs is 1. The lowest BCUT2D eigenvalue weighted by atomic mass is 9.87. The highest BCUT2D eigenvalue weighted by Crippen LogP contribution is 2.29. The van der Waals surface area contributed by atoms with Crippen LogP contribution in [0.5, 0.6) is 0 Å². The summed E-state index contributed by atoms with van der Waals surface area (Å²) in [6.45, 7) is 16.0. The molecule has 0 unspecified atom stereocenters. The van der Waals surface area contributed by atoms with E-state index in [1.54, 1.807) is 28.9 Å². The molecule has 0 bridgehead atoms. The van der Waals surface area contributed by atoms with Crippen LogP contribution in [0.15, 0.2) is 75.6 Å². The van der Waals surface area contributed by atoms with Crippen molar-refractivity contribution in [3.05, 3.63) is 72.1 Å². The summed E-state index contributed by atoms with van der Waals surface area (Å²) in [5.74, 6) is 0.662. The zero-order chi connectivity index (χ0) is 25.5. The van der Waals surface area contributed by atoms with Gasteiger partial charge in [0.1, 0.15) is 5.82 Å². The molecule has 0 aliphatic rings. The smallest absolute Gasteiger partial charge is 0.177 e. The van der Waals surface area contributed by atoms with E-state index in [1.165, 1.54) is 23.8 Å². The average molecular weight is 499 g/mol. The topological polar surface area (TPSA) is 75.8 Å². The van der Waals surface area contributed by atoms with E-state index >= 15 is 0 Å². The maximum atomic E-state index is 12.4. The normalized spacial score (nSPS) is 12.5. The molecule has 0 aliphatic carbocycles. The second-order valence-electron chi connectivity index (χ2n) is 8.43. The third-order valence-corrected chi connectivity index (χ3v) is 6.81. The first kappa shape index (κ1) is 27.4. The van der Waals surface area contributed by atoms with Gasteiger partial charge in [-0.1, -0.05) is 58.9 Å². The van der Waals surface area contributed by atoms with Gasteiger partial charge in [-0.3, -0.25) is 4.99 Å². The van der Waals surface area contributed by atoms with Crippen molar-refractivity contribution in [1.29, 1.82) is 0 Å². The quantitative estimate of drug-likeness (QED) is 0.220. The van der Waals surface area contributed by atoms with Gasteiger partial charge in [0.2, 0.25) is 0 Å². The number of hydrogen-bond acceptors (Lipinski definition) is 6. The fourth-order valence-corrected chi connectivity index (χ4v) is 4.68. The molecular formula is C26H34N4O2S2. The molecule has 0 saturated carbocycles. The van der Waals surface area contributed by atoms with E-state index in [2.05, 4.69) is 66.6 Å². The van der Waals surface area contributed by atoms with Gasteiger partial charge in [-0.15, -0.1) is 0 Å². The number of benzene rings is 1. The molecule has 3 aromatic rings. The van der Waals surface area contributed by atoms with Crippen molar-refractivity contribution in [2.75, 3.05) is 11.0 Å². The molecule has 0 radical (unpaired) electrons. The van der Waals surface area contributed by atoms with Crippen LogP contribution in [0.4, 0.5) is 5.82 Å². The van der Waals surface area contributed by atoms with Crippen molar-refractivity contribution in [2.45, 2.75) is 56.7 Å². The molecule has 2 heterocycles. The molecule has 8 heteroatoms. The lowest BCUT2D eigenvalue weighted by Gasteiger charge is -2.19. The van der Waals surface area contributed by atoms with Gasteiger partial charge in [0.05, 0.1) is 16.1 Å². The molecule has 182 valence electrons. The molecule has 34 heavy (non-hydrogen) atoms. The summed E-state index contributed by atoms with van der Waals surface area (Å²) in [7, 11) is -3.44. The first-order chi connectivity index (χ1) is 16.0. The van der Waals surface area contributed by atoms with Crippen LogP contribution in [-0.4, -0.2) is 31.0 Å². The molecule has 0 spiro atoms. The SMILES string of the molecule is C=N/C=C(\C=C/C)c1cc2c(S(C)(=O)=O)ccc(NSc3ccc(C(C)(C)C)cc3)n2n1.CC. The highest BCUT2D eigenvalue weighted by molar-refractivity contribution is 8.00. The van der Waals surface area contributed by atoms with Crippen molar-refractivity contribution in [3.63, 3.8) is 0 Å². The molecule has 2 aromatic heterocycles. The van der Waals surface area contributed by atoms with Crippen LogP contribution in [-0.2, 0) is 15.3 Å². The number of anilines is 1. The standard InChI is InChI=1S/C24H28N4O2S2.C2H6/c1-7-8-17(16-25-5)20-15-21-22(32(6,29)30)13-14-23(28(21)26-20)27-31-19-11-9-18(10-12-19)24(2,3)4;1-2/h7-16,27H,5H2,1-4,6H3;1-2H3/b8-7-,17-16+;. The van der Waals surface area contributed by atoms with Crippen LogP contribution in [0.2, 0.25) is 0 Å². The first-order valence-corrected chi connectivity index (χ1v) is 13.8. The van der Waals surface area contributed by atoms with Crippen molar-refractivity contribution >= 4 is 45.4 Å². The Hall–Kier alpha value is -2.84. The van der Waals surface area contributed by atoms with Crippen molar-refractivity contribution < 1.29 is 8.42 Å². The lowest BCUT2D eigenvalue weighted by Crippen LogP contribution is -2.10. The van der Waals surface area contributed by atoms with E-state index in [0.29, 0.717) is 17.0 Å². The molecule has 0 saturated heterocycles. The summed E-state index contributed by atoms with van der Waals surface area (Å²) < 4.78 is 29.6. The van der Waals surface area contributed by atoms with E-state index in [1.807, 2.05) is 32.9 Å². The molecule has 0 aliphatic heterocycles. The minimum atomic E-state index is -3.44. The molecule has 1 aromatic carbocycles. The lowest BCUT2D eigenvalue weighted by molar-refractivity contribution is 0.589. The zero-order valence-corrected chi connectivity index (χ0v) is 22.6. The largest absolute Gasteiger partial charge is 0.310 e. The number of allylic oxidation sites excluding steroid dienone is 3. The van der Waals surface area contributed by atoms with Crippen molar-refractivity contribution in [1.82, 2.24) is 9.61 Å². The van der Waals surface area contributed by atoms with Gasteiger partial charge in [0.25, 0.3) is 0 Å². The Morgan fingerprint density at radius 2 is 1.79 bits per heavy atom. The number of nitrogens with zero attached hydrogens (tertiary/aromatic N) is 3. The third-order valence-electron chi connectivity index (χ3n) is 4.85. The minimum absolute atomic E-state index is 0.0914. The van der Waals surface area contributed by atoms with Crippen LogP contribution in [0, 0.1) is 0 Å². The predicted molar refractivity (Wildman–Crippen MR) is 147 cm³/mol. The first-order valence-electron chi connectivity index (χ1n) is 11.1. The van der Waals surface area contributed by atoms with E-state index in [9.17, 15) is 8.42 Å². The summed E-state index contributed by atoms with van der Waals surface area (Å²) in [4.78, 5) is 5.10. The molecule has 3 rings (SSSR count). The Kier molecular flexibility index (Phi) is 9.29. The molecule has 1 N–H and O–H groups in total. The Balaban J connectivity index is 0.00000199. The van der Waals surface area contributed by atoms with E-state index in [0.717, 1.165) is 10.5 Å². The number of aliphatic imine (C=N–C) groups is 1. The van der Waals surface area contributed by atoms with E-state index in [-0.39, 0.29) is 10.3 Å². The van der Waals surface area contributed by atoms with Gasteiger partial charge in [-0.05, 0) is 66.9 Å². The third kappa shape index (κ3) is 6.61. The van der Waals surface area contributed by atoms with E-state index < -0.39 is 9.84 Å². The van der Waals surface area contributed by atoms with Crippen LogP contribution in [0.3, 0.4) is 0 Å². The molecule has 0 fully saturated rings. The predicted octanol–water partition coefficient (Wildman–Crippen LogP) is 6.80. The van der Waals surface area contributed by atoms with Gasteiger partial charge in [-0.25, -0.2) is 12.9 Å². The molecule has 0 atom stereocenters. The monoisotopic (exact) mass is 498 g/mol. The van der Waals surface area contributed by atoms with Gasteiger partial charge in [-0.2, -0.15) is 5.10 Å². The second kappa shape index (κ2) is 11.5. The van der Waals surface area contributed by atoms with Crippen LogP contribution < -0.4 is 4.72 Å². The molecule has 0 amide bonds. The fraction of sp³-hybridized carbons (Fsp3) is 0.308. The maximum absolute atomic E-state index is 12.4. The fourth-order valence-electron chi connectivity index (χ4n) is 3.19. The van der Waals surface area contributed by atoms with Crippen LogP contribution in [0.1, 0.15) is 52.8 Å². The Bertz CT molecular complexity index is 1300. The van der Waals surface area contributed by atoms with Crippen molar-refractivity contribution in [2.24, 2.45) is 4.99 Å². The second-order valence-corrected chi connectivity index (χ2v) is 11.3. The highest BCUT2D eigenvalue weighted by atomic mass is 32.2. The van der Waals surface area contributed by atoms with Gasteiger partial charge in [0.15, 0.2) is 9.84 Å². The maximum Gasteiger partial charge on any atom is 0.177 e. The Labute approximate surface area is 207 Å². The molecule has 6 nitrogen and oxygen atoms in total. The van der Waals surface area contributed by atoms with Gasteiger partial charge < -0.3 is 4.72 Å². The number of hydrogen-bond donors (Lipinski definition) is 1. The number of nitrogens with one attached hydrogen (secondary N) is 1. The van der Waals surface area contributed by atoms with Crippen molar-refractivity contribution in [3.8, 4) is 0 Å². The minimum Gasteiger partial charge on any atom is -0.310 e. The van der Waals surface area contributed by atoms with Gasteiger partial charge in [0, 0.05) is 22.9 Å².